The van der Waals surface area contributed by atoms with E-state index in [1.807, 2.05) is 0 Å². The molecule has 0 radical (unpaired) electrons. The maximum absolute atomic E-state index is 5.53. The van der Waals surface area contributed by atoms with E-state index in [2.05, 4.69) is 347 Å². The molecule has 6 fully saturated rings. The van der Waals surface area contributed by atoms with Gasteiger partial charge in [-0.25, -0.2) is 0 Å². The van der Waals surface area contributed by atoms with Gasteiger partial charge in [-0.15, -0.1) is 0 Å². The molecular formula is C109H133Fe3N5. The minimum atomic E-state index is 0. The van der Waals surface area contributed by atoms with Crippen LogP contribution in [0.25, 0.3) is 33.4 Å². The summed E-state index contributed by atoms with van der Waals surface area (Å²) in [6.07, 6.45) is 39.6. The molecule has 12 aromatic carbocycles. The molecule has 6 aliphatic rings. The Balaban J connectivity index is 0.000000395. The predicted molar refractivity (Wildman–Crippen MR) is 504 cm³/mol. The first-order valence-electron chi connectivity index (χ1n) is 41.4. The second-order valence-corrected chi connectivity index (χ2v) is 30.5. The van der Waals surface area contributed by atoms with E-state index in [1.54, 1.807) is 0 Å². The molecule has 117 heavy (non-hydrogen) atoms. The van der Waals surface area contributed by atoms with E-state index in [9.17, 15) is 0 Å². The molecule has 0 aliphatic heterocycles. The van der Waals surface area contributed by atoms with Crippen LogP contribution >= 0.6 is 0 Å². The van der Waals surface area contributed by atoms with Gasteiger partial charge in [0, 0.05) is 74.6 Å². The molecule has 18 rings (SSSR count). The van der Waals surface area contributed by atoms with Crippen LogP contribution in [0.15, 0.2) is 328 Å². The summed E-state index contributed by atoms with van der Waals surface area (Å²) >= 11 is 0. The van der Waals surface area contributed by atoms with Crippen molar-refractivity contribution in [2.45, 2.75) is 192 Å². The molecule has 0 spiro atoms. The van der Waals surface area contributed by atoms with Crippen molar-refractivity contribution in [3.63, 3.8) is 0 Å². The molecule has 2 N–H and O–H groups in total. The van der Waals surface area contributed by atoms with E-state index in [0.717, 1.165) is 51.4 Å². The normalized spacial score (nSPS) is 14.1. The molecule has 0 saturated heterocycles. The summed E-state index contributed by atoms with van der Waals surface area (Å²) in [5.74, 6) is 0.895. The van der Waals surface area contributed by atoms with Gasteiger partial charge in [0.25, 0.3) is 0 Å². The molecule has 12 aromatic rings. The second-order valence-electron chi connectivity index (χ2n) is 30.5. The fourth-order valence-electron chi connectivity index (χ4n) is 16.6. The molecule has 0 aromatic heterocycles. The summed E-state index contributed by atoms with van der Waals surface area (Å²) in [7, 11) is 0. The first-order valence-corrected chi connectivity index (χ1v) is 41.4. The maximum Gasteiger partial charge on any atom is 2.00 e. The number of hydrogen-bond acceptors (Lipinski definition) is 5. The Kier molecular flexibility index (Phi) is 47.5. The summed E-state index contributed by atoms with van der Waals surface area (Å²) in [4.78, 5) is 9.48. The predicted octanol–water partition coefficient (Wildman–Crippen LogP) is 33.0. The fraction of sp³-hybridized carbons (Fsp3) is 0.284. The number of rotatable bonds is 17. The van der Waals surface area contributed by atoms with E-state index in [-0.39, 0.29) is 95.8 Å². The van der Waals surface area contributed by atoms with Gasteiger partial charge in [0.05, 0.1) is 0 Å². The Bertz CT molecular complexity index is 4100. The van der Waals surface area contributed by atoms with Gasteiger partial charge in [-0.2, -0.15) is 0 Å². The first-order chi connectivity index (χ1) is 53.5. The SMILES string of the molecule is C1CCCC1.C1CCCC1.C1CCCC1.NC1CCCC1.[CH3-].[CH3-].[CH3-].[CH3-].[CH3-].[CH3-].[Fe+2].[Fe+2].[Fe+2].c1ccc(N(c2ccccc2)c2ccc(-c3ccc(CC4CCCC4)cc3)cc2)cc1.c1ccc(N(c2ccccc2)c2ccc(-c3ccc(N(c4ccc(-c5ccc(N(c6ccccc6)c6ccccc6)cc5)cc4)C4CCCC4)cc3)cc2)cc1. The van der Waals surface area contributed by atoms with Crippen LogP contribution in [0.5, 0.6) is 0 Å². The van der Waals surface area contributed by atoms with Gasteiger partial charge in [-0.3, -0.25) is 0 Å². The molecule has 6 saturated carbocycles. The number of benzene rings is 12. The third kappa shape index (κ3) is 30.0. The van der Waals surface area contributed by atoms with E-state index in [0.29, 0.717) is 12.1 Å². The summed E-state index contributed by atoms with van der Waals surface area (Å²) in [6, 6.07) is 119. The van der Waals surface area contributed by atoms with Crippen molar-refractivity contribution in [2.75, 3.05) is 19.6 Å². The van der Waals surface area contributed by atoms with Crippen molar-refractivity contribution < 1.29 is 51.2 Å². The van der Waals surface area contributed by atoms with Crippen molar-refractivity contribution in [3.05, 3.63) is 378 Å². The average Bonchev–Trinajstić information content (AvgIpc) is 1.49. The van der Waals surface area contributed by atoms with E-state index < -0.39 is 0 Å². The second kappa shape index (κ2) is 55.2. The minimum Gasteiger partial charge on any atom is -0.358 e. The molecular weight excluding hydrogens is 1550 g/mol. The summed E-state index contributed by atoms with van der Waals surface area (Å²) < 4.78 is 0. The largest absolute Gasteiger partial charge is 2.00 e. The molecule has 0 bridgehead atoms. The summed E-state index contributed by atoms with van der Waals surface area (Å²) in [5, 5.41) is 0. The maximum atomic E-state index is 5.53. The molecule has 618 valence electrons. The smallest absolute Gasteiger partial charge is 0.358 e. The first kappa shape index (κ1) is 101. The van der Waals surface area contributed by atoms with E-state index in [1.165, 1.54) is 236 Å². The van der Waals surface area contributed by atoms with Crippen LogP contribution in [0.4, 0.5) is 62.6 Å². The van der Waals surface area contributed by atoms with Gasteiger partial charge in [0.15, 0.2) is 0 Å². The van der Waals surface area contributed by atoms with Crippen molar-refractivity contribution in [3.8, 4) is 33.4 Å². The van der Waals surface area contributed by atoms with Gasteiger partial charge >= 0.3 is 51.2 Å². The van der Waals surface area contributed by atoms with Gasteiger partial charge in [-0.1, -0.05) is 342 Å². The fourth-order valence-corrected chi connectivity index (χ4v) is 16.6. The van der Waals surface area contributed by atoms with Crippen LogP contribution in [0, 0.1) is 50.5 Å². The van der Waals surface area contributed by atoms with Crippen molar-refractivity contribution >= 4 is 62.6 Å². The zero-order chi connectivity index (χ0) is 73.4. The number of hydrogen-bond donors (Lipinski definition) is 1. The van der Waals surface area contributed by atoms with Crippen LogP contribution < -0.4 is 25.3 Å². The molecule has 0 atom stereocenters. The molecule has 0 unspecified atom stereocenters. The Morgan fingerprint density at radius 2 is 0.376 bits per heavy atom. The molecule has 6 aliphatic carbocycles. The standard InChI is InChI=1S/C53H45N3.C30H29N.C5H11N.3C5H10.6CH3.3Fe/c1-5-15-45(16-6-1)54(46-17-7-2-8-18-46)50-33-25-41(26-34-50)43-29-37-52(38-30-43)56(49-23-13-14-24-49)53-39-31-44(32-40-53)42-27-35-51(36-28-42)55(47-19-9-3-10-20-47)48-21-11-4-12-22-48;1-3-11-28(12-4-1)31(29-13-5-2-6-14-29)30-21-19-27(20-22-30)26-17-15-25(16-18-26)23-24-9-7-8-10-24;6-5-3-1-2-4-5;3*1-2-4-5-3-1;;;;;;;;;/h1-12,15-22,25-40,49H,13-14,23-24H2;1-6,11-22,24H,7-10,23H2;5H,1-4,6H2;3*1-5H2;6*1H3;;;/q;;;;;;6*-1;3*+2. The van der Waals surface area contributed by atoms with Gasteiger partial charge < -0.3 is 69.9 Å². The van der Waals surface area contributed by atoms with Crippen molar-refractivity contribution in [1.82, 2.24) is 0 Å². The van der Waals surface area contributed by atoms with Crippen molar-refractivity contribution in [2.24, 2.45) is 11.7 Å². The number of nitrogens with two attached hydrogens (primary N) is 1. The Labute approximate surface area is 742 Å². The van der Waals surface area contributed by atoms with E-state index in [4.69, 9.17) is 5.73 Å². The Morgan fingerprint density at radius 3 is 0.581 bits per heavy atom. The molecule has 0 heterocycles. The Morgan fingerprint density at radius 1 is 0.197 bits per heavy atom. The molecule has 0 amide bonds. The Hall–Kier alpha value is -8.64. The van der Waals surface area contributed by atoms with Gasteiger partial charge in [-0.05, 0) is 210 Å². The topological polar surface area (TPSA) is 39.0 Å². The minimum absolute atomic E-state index is 0. The zero-order valence-electron chi connectivity index (χ0n) is 71.1. The van der Waals surface area contributed by atoms with Crippen LogP contribution in [0.1, 0.15) is 179 Å². The van der Waals surface area contributed by atoms with E-state index >= 15 is 0 Å². The number of nitrogens with zero attached hydrogens (tertiary/aromatic N) is 4. The molecule has 5 nitrogen and oxygen atoms in total. The number of para-hydroxylation sites is 6. The zero-order valence-corrected chi connectivity index (χ0v) is 74.4. The van der Waals surface area contributed by atoms with Crippen LogP contribution in [0.3, 0.4) is 0 Å². The van der Waals surface area contributed by atoms with Crippen molar-refractivity contribution in [1.29, 1.82) is 0 Å². The monoisotopic (exact) mass is 1680 g/mol. The quantitative estimate of drug-likeness (QED) is 0.0727. The van der Waals surface area contributed by atoms with Crippen LogP contribution in [-0.2, 0) is 57.6 Å². The average molecular weight is 1680 g/mol. The van der Waals surface area contributed by atoms with Gasteiger partial charge in [0.2, 0.25) is 0 Å². The summed E-state index contributed by atoms with van der Waals surface area (Å²) in [5.41, 5.74) is 27.2. The summed E-state index contributed by atoms with van der Waals surface area (Å²) in [6.45, 7) is 0. The molecule has 8 heteroatoms. The third-order valence-electron chi connectivity index (χ3n) is 22.5. The number of anilines is 11. The third-order valence-corrected chi connectivity index (χ3v) is 22.5. The van der Waals surface area contributed by atoms with Crippen LogP contribution in [0.2, 0.25) is 0 Å². The van der Waals surface area contributed by atoms with Crippen LogP contribution in [-0.4, -0.2) is 12.1 Å². The van der Waals surface area contributed by atoms with Gasteiger partial charge in [0.1, 0.15) is 0 Å².